The van der Waals surface area contributed by atoms with Gasteiger partial charge in [-0.15, -0.1) is 5.10 Å². The van der Waals surface area contributed by atoms with Crippen LogP contribution in [0.5, 0.6) is 5.75 Å². The molecule has 0 aliphatic carbocycles. The van der Waals surface area contributed by atoms with Crippen LogP contribution in [-0.2, 0) is 6.54 Å². The van der Waals surface area contributed by atoms with Crippen LogP contribution in [-0.4, -0.2) is 16.9 Å². The highest BCUT2D eigenvalue weighted by atomic mass is 16.5. The Labute approximate surface area is 132 Å². The highest BCUT2D eigenvalue weighted by Gasteiger charge is 2.18. The molecule has 2 aliphatic heterocycles. The van der Waals surface area contributed by atoms with Gasteiger partial charge in [0.05, 0.1) is 13.7 Å². The second-order valence-corrected chi connectivity index (χ2v) is 5.32. The Morgan fingerprint density at radius 3 is 2.74 bits per heavy atom. The van der Waals surface area contributed by atoms with Gasteiger partial charge in [0.15, 0.2) is 0 Å². The molecule has 0 saturated carbocycles. The predicted octanol–water partition coefficient (Wildman–Crippen LogP) is 3.15. The summed E-state index contributed by atoms with van der Waals surface area (Å²) in [6, 6.07) is 17.0. The molecule has 0 spiro atoms. The van der Waals surface area contributed by atoms with E-state index in [1.54, 1.807) is 13.2 Å². The fraction of sp³-hybridized carbons (Fsp3) is 0.111. The average Bonchev–Trinajstić information content (AvgIpc) is 2.88. The Hall–Kier alpha value is -3.08. The molecule has 114 valence electrons. The summed E-state index contributed by atoms with van der Waals surface area (Å²) in [5, 5.41) is 5.15. The summed E-state index contributed by atoms with van der Waals surface area (Å²) >= 11 is 0. The van der Waals surface area contributed by atoms with E-state index >= 15 is 0 Å². The molecule has 0 atom stereocenters. The molecule has 2 heterocycles. The van der Waals surface area contributed by atoms with E-state index in [4.69, 9.17) is 9.15 Å². The molecule has 23 heavy (non-hydrogen) atoms. The van der Waals surface area contributed by atoms with Gasteiger partial charge < -0.3 is 9.15 Å². The van der Waals surface area contributed by atoms with Crippen LogP contribution < -0.4 is 10.3 Å². The molecule has 0 bridgehead atoms. The first-order chi connectivity index (χ1) is 11.2. The van der Waals surface area contributed by atoms with Crippen LogP contribution in [0.4, 0.5) is 0 Å². The minimum atomic E-state index is -0.148. The number of hydrogen-bond donors (Lipinski definition) is 0. The lowest BCUT2D eigenvalue weighted by Gasteiger charge is -2.03. The molecular formula is C18H14N2O3. The van der Waals surface area contributed by atoms with E-state index < -0.39 is 0 Å². The van der Waals surface area contributed by atoms with Gasteiger partial charge in [-0.2, -0.15) is 0 Å². The first-order valence-corrected chi connectivity index (χ1v) is 7.27. The molecule has 2 aromatic carbocycles. The lowest BCUT2D eigenvalue weighted by Crippen LogP contribution is -2.17. The van der Waals surface area contributed by atoms with E-state index in [1.165, 1.54) is 4.68 Å². The van der Waals surface area contributed by atoms with Gasteiger partial charge in [0, 0.05) is 11.5 Å². The van der Waals surface area contributed by atoms with Crippen molar-refractivity contribution in [3.8, 4) is 17.2 Å². The quantitative estimate of drug-likeness (QED) is 0.583. The summed E-state index contributed by atoms with van der Waals surface area (Å²) < 4.78 is 12.4. The molecule has 0 amide bonds. The zero-order valence-electron chi connectivity index (χ0n) is 12.5. The van der Waals surface area contributed by atoms with Crippen molar-refractivity contribution in [2.75, 3.05) is 7.11 Å². The van der Waals surface area contributed by atoms with Crippen LogP contribution in [0, 0.1) is 0 Å². The molecular weight excluding hydrogens is 292 g/mol. The van der Waals surface area contributed by atoms with Gasteiger partial charge in [0.2, 0.25) is 5.89 Å². The van der Waals surface area contributed by atoms with Crippen molar-refractivity contribution in [2.24, 2.45) is 0 Å². The number of benzene rings is 2. The van der Waals surface area contributed by atoms with Crippen LogP contribution in [0.3, 0.4) is 0 Å². The summed E-state index contributed by atoms with van der Waals surface area (Å²) in [5.74, 6) is 1.04. The average molecular weight is 306 g/mol. The number of nitrogens with zero attached hydrogens (tertiary/aromatic N) is 2. The molecule has 0 radical (unpaired) electrons. The Morgan fingerprint density at radius 1 is 1.13 bits per heavy atom. The fourth-order valence-electron chi connectivity index (χ4n) is 2.61. The van der Waals surface area contributed by atoms with Crippen molar-refractivity contribution in [3.63, 3.8) is 0 Å². The monoisotopic (exact) mass is 306 g/mol. The highest BCUT2D eigenvalue weighted by Crippen LogP contribution is 2.27. The van der Waals surface area contributed by atoms with Crippen molar-refractivity contribution >= 4 is 11.0 Å². The van der Waals surface area contributed by atoms with Gasteiger partial charge in [-0.25, -0.2) is 4.68 Å². The van der Waals surface area contributed by atoms with E-state index in [2.05, 4.69) is 5.10 Å². The van der Waals surface area contributed by atoms with Gasteiger partial charge >= 0.3 is 0 Å². The summed E-state index contributed by atoms with van der Waals surface area (Å²) in [7, 11) is 1.60. The first kappa shape index (κ1) is 13.6. The van der Waals surface area contributed by atoms with Crippen molar-refractivity contribution in [1.29, 1.82) is 0 Å². The predicted molar refractivity (Wildman–Crippen MR) is 87.0 cm³/mol. The van der Waals surface area contributed by atoms with Crippen LogP contribution in [0.1, 0.15) is 5.56 Å². The van der Waals surface area contributed by atoms with Crippen molar-refractivity contribution in [2.45, 2.75) is 6.54 Å². The maximum Gasteiger partial charge on any atom is 0.279 e. The van der Waals surface area contributed by atoms with Crippen LogP contribution in [0.2, 0.25) is 0 Å². The molecule has 0 aromatic heterocycles. The number of methoxy groups -OCH3 is 1. The number of fused-ring (bicyclic) bond motifs is 2. The standard InChI is InChI=1S/C18H14N2O3/c1-22-14-8-7-13-9-15-17(23-16(13)10-14)19-20(18(15)21)11-12-5-3-2-4-6-12/h2-10H,11H2,1H3. The molecule has 2 aliphatic rings. The molecule has 5 nitrogen and oxygen atoms in total. The summed E-state index contributed by atoms with van der Waals surface area (Å²) in [6.45, 7) is 0.420. The van der Waals surface area contributed by atoms with Crippen molar-refractivity contribution in [1.82, 2.24) is 9.78 Å². The molecule has 5 heteroatoms. The number of hydrogen-bond acceptors (Lipinski definition) is 4. The Morgan fingerprint density at radius 2 is 1.96 bits per heavy atom. The van der Waals surface area contributed by atoms with E-state index in [0.717, 1.165) is 10.9 Å². The van der Waals surface area contributed by atoms with Gasteiger partial charge in [0.25, 0.3) is 5.56 Å². The third kappa shape index (κ3) is 2.36. The van der Waals surface area contributed by atoms with Crippen molar-refractivity contribution in [3.05, 3.63) is 70.5 Å². The highest BCUT2D eigenvalue weighted by molar-refractivity contribution is 5.83. The molecule has 0 fully saturated rings. The number of ether oxygens (including phenoxy) is 1. The molecule has 2 aromatic rings. The minimum absolute atomic E-state index is 0.148. The van der Waals surface area contributed by atoms with Crippen LogP contribution in [0.25, 0.3) is 22.4 Å². The first-order valence-electron chi connectivity index (χ1n) is 7.27. The molecule has 0 N–H and O–H groups in total. The third-order valence-corrected chi connectivity index (χ3v) is 3.81. The Bertz CT molecular complexity index is 1000. The topological polar surface area (TPSA) is 57.3 Å². The number of rotatable bonds is 3. The lowest BCUT2D eigenvalue weighted by atomic mass is 10.1. The summed E-state index contributed by atoms with van der Waals surface area (Å²) in [6.07, 6.45) is 0. The zero-order valence-corrected chi connectivity index (χ0v) is 12.5. The van der Waals surface area contributed by atoms with Gasteiger partial charge in [-0.3, -0.25) is 4.79 Å². The van der Waals surface area contributed by atoms with E-state index in [1.807, 2.05) is 48.5 Å². The minimum Gasteiger partial charge on any atom is -0.497 e. The normalized spacial score (nSPS) is 11.2. The van der Waals surface area contributed by atoms with E-state index in [0.29, 0.717) is 29.3 Å². The summed E-state index contributed by atoms with van der Waals surface area (Å²) in [4.78, 5) is 12.5. The largest absolute Gasteiger partial charge is 0.497 e. The summed E-state index contributed by atoms with van der Waals surface area (Å²) in [5.41, 5.74) is 1.99. The molecule has 4 rings (SSSR count). The smallest absolute Gasteiger partial charge is 0.279 e. The maximum atomic E-state index is 12.5. The lowest BCUT2D eigenvalue weighted by molar-refractivity contribution is 0.414. The Kier molecular flexibility index (Phi) is 3.12. The maximum absolute atomic E-state index is 12.5. The van der Waals surface area contributed by atoms with Crippen LogP contribution in [0.15, 0.2) is 63.8 Å². The molecule has 0 saturated heterocycles. The van der Waals surface area contributed by atoms with E-state index in [-0.39, 0.29) is 5.56 Å². The van der Waals surface area contributed by atoms with Gasteiger partial charge in [0.1, 0.15) is 16.9 Å². The SMILES string of the molecule is COc1ccc2cc3c(=O)n(Cc4ccccc4)nc-3oc2c1. The Balaban J connectivity index is 1.85. The van der Waals surface area contributed by atoms with Crippen LogP contribution >= 0.6 is 0 Å². The number of aromatic nitrogens is 2. The fourth-order valence-corrected chi connectivity index (χ4v) is 2.61. The zero-order chi connectivity index (χ0) is 15.8. The van der Waals surface area contributed by atoms with E-state index in [9.17, 15) is 4.79 Å². The molecule has 0 unspecified atom stereocenters. The van der Waals surface area contributed by atoms with Gasteiger partial charge in [-0.05, 0) is 23.8 Å². The third-order valence-electron chi connectivity index (χ3n) is 3.81. The second-order valence-electron chi connectivity index (χ2n) is 5.32. The van der Waals surface area contributed by atoms with Crippen molar-refractivity contribution < 1.29 is 9.15 Å². The van der Waals surface area contributed by atoms with Gasteiger partial charge in [-0.1, -0.05) is 30.3 Å². The second kappa shape index (κ2) is 5.28.